The highest BCUT2D eigenvalue weighted by Crippen LogP contribution is 2.28. The van der Waals surface area contributed by atoms with Crippen LogP contribution in [0.25, 0.3) is 0 Å². The SMILES string of the molecule is COc1nccc(NN)c1Cl. The summed E-state index contributed by atoms with van der Waals surface area (Å²) in [5.74, 6) is 5.52. The summed E-state index contributed by atoms with van der Waals surface area (Å²) < 4.78 is 4.85. The van der Waals surface area contributed by atoms with Gasteiger partial charge in [0, 0.05) is 6.20 Å². The van der Waals surface area contributed by atoms with E-state index in [4.69, 9.17) is 22.2 Å². The van der Waals surface area contributed by atoms with Crippen LogP contribution in [0, 0.1) is 0 Å². The molecule has 1 aromatic heterocycles. The van der Waals surface area contributed by atoms with Gasteiger partial charge < -0.3 is 10.2 Å². The van der Waals surface area contributed by atoms with Crippen LogP contribution in [0.4, 0.5) is 5.69 Å². The molecule has 1 rings (SSSR count). The molecule has 0 atom stereocenters. The van der Waals surface area contributed by atoms with Crippen molar-refractivity contribution in [1.29, 1.82) is 0 Å². The number of anilines is 1. The highest BCUT2D eigenvalue weighted by Gasteiger charge is 2.04. The van der Waals surface area contributed by atoms with Gasteiger partial charge in [-0.1, -0.05) is 11.6 Å². The van der Waals surface area contributed by atoms with E-state index in [0.717, 1.165) is 0 Å². The van der Waals surface area contributed by atoms with Crippen molar-refractivity contribution >= 4 is 17.3 Å². The first kappa shape index (κ1) is 8.10. The lowest BCUT2D eigenvalue weighted by Crippen LogP contribution is -2.07. The van der Waals surface area contributed by atoms with Crippen molar-refractivity contribution in [3.8, 4) is 5.88 Å². The zero-order chi connectivity index (χ0) is 8.27. The van der Waals surface area contributed by atoms with Crippen LogP contribution in [-0.4, -0.2) is 12.1 Å². The number of nitrogens with one attached hydrogen (secondary N) is 1. The maximum Gasteiger partial charge on any atom is 0.234 e. The van der Waals surface area contributed by atoms with Gasteiger partial charge in [0.2, 0.25) is 5.88 Å². The Balaban J connectivity index is 3.10. The maximum absolute atomic E-state index is 5.78. The zero-order valence-corrected chi connectivity index (χ0v) is 6.72. The number of nitrogens with zero attached hydrogens (tertiary/aromatic N) is 1. The molecular weight excluding hydrogens is 166 g/mol. The molecule has 4 nitrogen and oxygen atoms in total. The van der Waals surface area contributed by atoms with Crippen LogP contribution in [0.2, 0.25) is 5.02 Å². The van der Waals surface area contributed by atoms with Crippen molar-refractivity contribution < 1.29 is 4.74 Å². The summed E-state index contributed by atoms with van der Waals surface area (Å²) >= 11 is 5.78. The highest BCUT2D eigenvalue weighted by atomic mass is 35.5. The summed E-state index contributed by atoms with van der Waals surface area (Å²) in [6.07, 6.45) is 1.56. The Kier molecular flexibility index (Phi) is 2.51. The van der Waals surface area contributed by atoms with Gasteiger partial charge in [0.15, 0.2) is 0 Å². The third-order valence-electron chi connectivity index (χ3n) is 1.21. The number of nitrogens with two attached hydrogens (primary N) is 1. The molecule has 0 aliphatic rings. The summed E-state index contributed by atoms with van der Waals surface area (Å²) in [5.41, 5.74) is 3.01. The lowest BCUT2D eigenvalue weighted by atomic mass is 10.4. The number of rotatable bonds is 2. The molecule has 11 heavy (non-hydrogen) atoms. The Labute approximate surface area is 69.3 Å². The van der Waals surface area contributed by atoms with Gasteiger partial charge in [0.05, 0.1) is 12.8 Å². The maximum atomic E-state index is 5.78. The van der Waals surface area contributed by atoms with Crippen molar-refractivity contribution in [2.45, 2.75) is 0 Å². The Morgan fingerprint density at radius 1 is 1.73 bits per heavy atom. The molecule has 60 valence electrons. The number of methoxy groups -OCH3 is 1. The van der Waals surface area contributed by atoms with E-state index in [1.807, 2.05) is 0 Å². The fourth-order valence-electron chi connectivity index (χ4n) is 0.678. The molecule has 3 N–H and O–H groups in total. The minimum atomic E-state index is 0.363. The Morgan fingerprint density at radius 3 is 3.00 bits per heavy atom. The Morgan fingerprint density at radius 2 is 2.45 bits per heavy atom. The lowest BCUT2D eigenvalue weighted by molar-refractivity contribution is 0.398. The lowest BCUT2D eigenvalue weighted by Gasteiger charge is -2.05. The fourth-order valence-corrected chi connectivity index (χ4v) is 0.922. The molecule has 0 radical (unpaired) electrons. The van der Waals surface area contributed by atoms with Crippen LogP contribution < -0.4 is 16.0 Å². The van der Waals surface area contributed by atoms with Crippen LogP contribution in [-0.2, 0) is 0 Å². The van der Waals surface area contributed by atoms with E-state index in [1.165, 1.54) is 7.11 Å². The van der Waals surface area contributed by atoms with Crippen molar-refractivity contribution in [3.63, 3.8) is 0 Å². The van der Waals surface area contributed by atoms with Gasteiger partial charge in [-0.05, 0) is 6.07 Å². The molecule has 1 aromatic rings. The van der Waals surface area contributed by atoms with Crippen molar-refractivity contribution in [3.05, 3.63) is 17.3 Å². The number of aromatic nitrogens is 1. The number of hydrogen-bond acceptors (Lipinski definition) is 4. The molecule has 1 heterocycles. The molecule has 5 heteroatoms. The first-order valence-electron chi connectivity index (χ1n) is 2.94. The second-order valence-corrected chi connectivity index (χ2v) is 2.20. The van der Waals surface area contributed by atoms with E-state index in [1.54, 1.807) is 12.3 Å². The fraction of sp³-hybridized carbons (Fsp3) is 0.167. The van der Waals surface area contributed by atoms with E-state index < -0.39 is 0 Å². The van der Waals surface area contributed by atoms with Crippen LogP contribution in [0.5, 0.6) is 5.88 Å². The highest BCUT2D eigenvalue weighted by molar-refractivity contribution is 6.34. The second-order valence-electron chi connectivity index (χ2n) is 1.83. The van der Waals surface area contributed by atoms with Gasteiger partial charge in [-0.15, -0.1) is 0 Å². The first-order chi connectivity index (χ1) is 5.29. The van der Waals surface area contributed by atoms with Crippen LogP contribution >= 0.6 is 11.6 Å². The van der Waals surface area contributed by atoms with Crippen LogP contribution in [0.15, 0.2) is 12.3 Å². The number of pyridine rings is 1. The van der Waals surface area contributed by atoms with Crippen molar-refractivity contribution in [2.75, 3.05) is 12.5 Å². The summed E-state index contributed by atoms with van der Waals surface area (Å²) in [6, 6.07) is 1.66. The van der Waals surface area contributed by atoms with E-state index in [-0.39, 0.29) is 0 Å². The second kappa shape index (κ2) is 3.41. The normalized spacial score (nSPS) is 9.36. The summed E-state index contributed by atoms with van der Waals surface area (Å²) in [7, 11) is 1.49. The summed E-state index contributed by atoms with van der Waals surface area (Å²) in [6.45, 7) is 0. The quantitative estimate of drug-likeness (QED) is 0.518. The molecule has 0 amide bonds. The van der Waals surface area contributed by atoms with Gasteiger partial charge in [0.25, 0.3) is 0 Å². The van der Waals surface area contributed by atoms with Gasteiger partial charge in [-0.25, -0.2) is 4.98 Å². The van der Waals surface area contributed by atoms with Gasteiger partial charge >= 0.3 is 0 Å². The molecule has 0 aromatic carbocycles. The average molecular weight is 174 g/mol. The monoisotopic (exact) mass is 173 g/mol. The summed E-state index contributed by atoms with van der Waals surface area (Å²) in [5, 5.41) is 0.387. The minimum absolute atomic E-state index is 0.363. The topological polar surface area (TPSA) is 60.2 Å². The molecule has 0 saturated heterocycles. The Hall–Kier alpha value is -1.00. The molecular formula is C6H8ClN3O. The van der Waals surface area contributed by atoms with Crippen molar-refractivity contribution in [1.82, 2.24) is 4.98 Å². The summed E-state index contributed by atoms with van der Waals surface area (Å²) in [4.78, 5) is 3.86. The average Bonchev–Trinajstić information content (AvgIpc) is 2.05. The number of ether oxygens (including phenoxy) is 1. The Bertz CT molecular complexity index is 231. The van der Waals surface area contributed by atoms with Crippen molar-refractivity contribution in [2.24, 2.45) is 5.84 Å². The predicted molar refractivity (Wildman–Crippen MR) is 43.6 cm³/mol. The molecule has 0 bridgehead atoms. The van der Waals surface area contributed by atoms with Gasteiger partial charge in [0.1, 0.15) is 5.02 Å². The molecule has 0 aliphatic heterocycles. The number of hydrogen-bond donors (Lipinski definition) is 2. The molecule has 0 saturated carbocycles. The van der Waals surface area contributed by atoms with E-state index >= 15 is 0 Å². The zero-order valence-electron chi connectivity index (χ0n) is 5.97. The first-order valence-corrected chi connectivity index (χ1v) is 3.32. The van der Waals surface area contributed by atoms with Gasteiger partial charge in [-0.2, -0.15) is 0 Å². The third kappa shape index (κ3) is 1.53. The predicted octanol–water partition coefficient (Wildman–Crippen LogP) is 1.03. The van der Waals surface area contributed by atoms with E-state index in [0.29, 0.717) is 16.6 Å². The number of nitrogen functional groups attached to an aromatic ring is 1. The smallest absolute Gasteiger partial charge is 0.234 e. The number of hydrazine groups is 1. The van der Waals surface area contributed by atoms with Crippen LogP contribution in [0.1, 0.15) is 0 Å². The number of halogens is 1. The molecule has 0 unspecified atom stereocenters. The standard InChI is InChI=1S/C6H8ClN3O/c1-11-6-5(7)4(10-8)2-3-9-6/h2-3H,8H2,1H3,(H,9,10). The molecule has 0 spiro atoms. The minimum Gasteiger partial charge on any atom is -0.480 e. The van der Waals surface area contributed by atoms with E-state index in [2.05, 4.69) is 10.4 Å². The van der Waals surface area contributed by atoms with Gasteiger partial charge in [-0.3, -0.25) is 5.84 Å². The molecule has 0 fully saturated rings. The van der Waals surface area contributed by atoms with E-state index in [9.17, 15) is 0 Å². The van der Waals surface area contributed by atoms with Crippen LogP contribution in [0.3, 0.4) is 0 Å². The molecule has 0 aliphatic carbocycles. The largest absolute Gasteiger partial charge is 0.480 e. The third-order valence-corrected chi connectivity index (χ3v) is 1.57.